The van der Waals surface area contributed by atoms with Crippen molar-refractivity contribution in [2.45, 2.75) is 20.4 Å². The molecular formula is C13H21NO2. The molecule has 0 bridgehead atoms. The summed E-state index contributed by atoms with van der Waals surface area (Å²) < 4.78 is 10.1. The highest BCUT2D eigenvalue weighted by molar-refractivity contribution is 5.27. The smallest absolute Gasteiger partial charge is 0.188 e. The highest BCUT2D eigenvalue weighted by Crippen LogP contribution is 2.11. The second kappa shape index (κ2) is 7.25. The minimum atomic E-state index is 0.297. The quantitative estimate of drug-likeness (QED) is 0.720. The zero-order valence-corrected chi connectivity index (χ0v) is 10.3. The van der Waals surface area contributed by atoms with Gasteiger partial charge in [-0.3, -0.25) is 0 Å². The molecule has 0 spiro atoms. The normalized spacial score (nSPS) is 10.8. The first kappa shape index (κ1) is 13.0. The van der Waals surface area contributed by atoms with E-state index < -0.39 is 0 Å². The Kier molecular flexibility index (Phi) is 5.90. The van der Waals surface area contributed by atoms with Crippen LogP contribution in [0.2, 0.25) is 0 Å². The zero-order valence-electron chi connectivity index (χ0n) is 10.3. The molecule has 3 heteroatoms. The van der Waals surface area contributed by atoms with Crippen LogP contribution in [0.5, 0.6) is 5.75 Å². The van der Waals surface area contributed by atoms with Crippen molar-refractivity contribution in [3.8, 4) is 5.75 Å². The summed E-state index contributed by atoms with van der Waals surface area (Å²) in [5, 5.41) is 3.40. The van der Waals surface area contributed by atoms with Crippen molar-refractivity contribution in [1.29, 1.82) is 0 Å². The van der Waals surface area contributed by atoms with Crippen LogP contribution in [0, 0.1) is 5.92 Å². The molecule has 1 N–H and O–H groups in total. The lowest BCUT2D eigenvalue weighted by Crippen LogP contribution is -2.18. The third kappa shape index (κ3) is 5.14. The highest BCUT2D eigenvalue weighted by Gasteiger charge is 1.96. The molecule has 16 heavy (non-hydrogen) atoms. The van der Waals surface area contributed by atoms with Crippen molar-refractivity contribution in [2.75, 3.05) is 20.4 Å². The average Bonchev–Trinajstić information content (AvgIpc) is 2.27. The van der Waals surface area contributed by atoms with Crippen molar-refractivity contribution >= 4 is 0 Å². The first-order valence-electron chi connectivity index (χ1n) is 5.63. The van der Waals surface area contributed by atoms with Crippen molar-refractivity contribution in [2.24, 2.45) is 5.92 Å². The largest absolute Gasteiger partial charge is 0.468 e. The molecule has 0 heterocycles. The molecule has 90 valence electrons. The Morgan fingerprint density at radius 2 is 1.88 bits per heavy atom. The van der Waals surface area contributed by atoms with Crippen LogP contribution in [-0.4, -0.2) is 20.4 Å². The molecule has 0 saturated heterocycles. The van der Waals surface area contributed by atoms with Crippen LogP contribution >= 0.6 is 0 Å². The second-order valence-corrected chi connectivity index (χ2v) is 4.22. The topological polar surface area (TPSA) is 30.5 Å². The molecule has 3 nitrogen and oxygen atoms in total. The van der Waals surface area contributed by atoms with Gasteiger partial charge in [-0.15, -0.1) is 0 Å². The average molecular weight is 223 g/mol. The van der Waals surface area contributed by atoms with Gasteiger partial charge in [0.2, 0.25) is 0 Å². The van der Waals surface area contributed by atoms with Crippen molar-refractivity contribution in [1.82, 2.24) is 5.32 Å². The van der Waals surface area contributed by atoms with Gasteiger partial charge in [0, 0.05) is 13.7 Å². The summed E-state index contributed by atoms with van der Waals surface area (Å²) in [5.41, 5.74) is 1.27. The number of methoxy groups -OCH3 is 1. The third-order valence-electron chi connectivity index (χ3n) is 2.15. The van der Waals surface area contributed by atoms with Gasteiger partial charge in [-0.2, -0.15) is 0 Å². The summed E-state index contributed by atoms with van der Waals surface area (Å²) in [5.74, 6) is 1.53. The minimum Gasteiger partial charge on any atom is -0.468 e. The molecule has 1 aromatic rings. The maximum absolute atomic E-state index is 5.31. The van der Waals surface area contributed by atoms with E-state index >= 15 is 0 Å². The van der Waals surface area contributed by atoms with E-state index in [9.17, 15) is 0 Å². The minimum absolute atomic E-state index is 0.297. The van der Waals surface area contributed by atoms with Crippen LogP contribution < -0.4 is 10.1 Å². The predicted molar refractivity (Wildman–Crippen MR) is 65.5 cm³/mol. The van der Waals surface area contributed by atoms with E-state index in [1.54, 1.807) is 7.11 Å². The van der Waals surface area contributed by atoms with Gasteiger partial charge < -0.3 is 14.8 Å². The molecule has 0 aliphatic carbocycles. The Balaban J connectivity index is 2.33. The van der Waals surface area contributed by atoms with E-state index in [-0.39, 0.29) is 0 Å². The number of hydrogen-bond acceptors (Lipinski definition) is 3. The highest BCUT2D eigenvalue weighted by atomic mass is 16.7. The van der Waals surface area contributed by atoms with Crippen molar-refractivity contribution < 1.29 is 9.47 Å². The van der Waals surface area contributed by atoms with E-state index in [1.165, 1.54) is 5.56 Å². The van der Waals surface area contributed by atoms with Crippen LogP contribution in [0.4, 0.5) is 0 Å². The van der Waals surface area contributed by atoms with Crippen molar-refractivity contribution in [3.05, 3.63) is 29.8 Å². The number of benzene rings is 1. The van der Waals surface area contributed by atoms with E-state index in [0.29, 0.717) is 12.7 Å². The fraction of sp³-hybridized carbons (Fsp3) is 0.538. The van der Waals surface area contributed by atoms with Crippen molar-refractivity contribution in [3.63, 3.8) is 0 Å². The fourth-order valence-corrected chi connectivity index (χ4v) is 1.34. The number of rotatable bonds is 7. The lowest BCUT2D eigenvalue weighted by molar-refractivity contribution is 0.0511. The van der Waals surface area contributed by atoms with Crippen LogP contribution in [0.25, 0.3) is 0 Å². The Labute approximate surface area is 97.8 Å². The summed E-state index contributed by atoms with van der Waals surface area (Å²) in [6.07, 6.45) is 0. The van der Waals surface area contributed by atoms with Gasteiger partial charge in [-0.1, -0.05) is 26.0 Å². The number of hydrogen-bond donors (Lipinski definition) is 1. The summed E-state index contributed by atoms with van der Waals surface area (Å²) in [6.45, 7) is 6.65. The van der Waals surface area contributed by atoms with E-state index in [0.717, 1.165) is 18.8 Å². The lowest BCUT2D eigenvalue weighted by Gasteiger charge is -2.08. The van der Waals surface area contributed by atoms with Gasteiger partial charge in [-0.05, 0) is 30.2 Å². The fourth-order valence-electron chi connectivity index (χ4n) is 1.34. The maximum atomic E-state index is 5.31. The first-order chi connectivity index (χ1) is 7.72. The molecule has 0 atom stereocenters. The van der Waals surface area contributed by atoms with Gasteiger partial charge in [0.15, 0.2) is 6.79 Å². The first-order valence-corrected chi connectivity index (χ1v) is 5.63. The molecule has 1 rings (SSSR count). The van der Waals surface area contributed by atoms with Crippen LogP contribution in [0.1, 0.15) is 19.4 Å². The molecule has 0 aromatic heterocycles. The monoisotopic (exact) mass is 223 g/mol. The van der Waals surface area contributed by atoms with Gasteiger partial charge in [-0.25, -0.2) is 0 Å². The predicted octanol–water partition coefficient (Wildman–Crippen LogP) is 2.41. The molecule has 0 unspecified atom stereocenters. The molecule has 1 aromatic carbocycles. The summed E-state index contributed by atoms with van der Waals surface area (Å²) >= 11 is 0. The van der Waals surface area contributed by atoms with Crippen LogP contribution in [0.3, 0.4) is 0 Å². The third-order valence-corrected chi connectivity index (χ3v) is 2.15. The molecule has 0 aliphatic rings. The SMILES string of the molecule is COCOc1ccc(CNCC(C)C)cc1. The standard InChI is InChI=1S/C13H21NO2/c1-11(2)8-14-9-12-4-6-13(7-5-12)16-10-15-3/h4-7,11,14H,8-10H2,1-3H3. The number of ether oxygens (including phenoxy) is 2. The lowest BCUT2D eigenvalue weighted by atomic mass is 10.2. The molecule has 0 amide bonds. The van der Waals surface area contributed by atoms with Gasteiger partial charge in [0.1, 0.15) is 5.75 Å². The zero-order chi connectivity index (χ0) is 11.8. The van der Waals surface area contributed by atoms with Crippen LogP contribution in [0.15, 0.2) is 24.3 Å². The summed E-state index contributed by atoms with van der Waals surface area (Å²) in [4.78, 5) is 0. The van der Waals surface area contributed by atoms with Gasteiger partial charge in [0.25, 0.3) is 0 Å². The van der Waals surface area contributed by atoms with E-state index in [4.69, 9.17) is 9.47 Å². The second-order valence-electron chi connectivity index (χ2n) is 4.22. The molecule has 0 radical (unpaired) electrons. The van der Waals surface area contributed by atoms with Gasteiger partial charge in [0.05, 0.1) is 0 Å². The number of nitrogens with one attached hydrogen (secondary N) is 1. The van der Waals surface area contributed by atoms with Crippen LogP contribution in [-0.2, 0) is 11.3 Å². The molecule has 0 aliphatic heterocycles. The Morgan fingerprint density at radius 1 is 1.19 bits per heavy atom. The summed E-state index contributed by atoms with van der Waals surface area (Å²) in [6, 6.07) is 8.06. The molecule has 0 fully saturated rings. The Hall–Kier alpha value is -1.06. The Morgan fingerprint density at radius 3 is 2.44 bits per heavy atom. The Bertz CT molecular complexity index is 282. The van der Waals surface area contributed by atoms with Gasteiger partial charge >= 0.3 is 0 Å². The molecule has 0 saturated carbocycles. The maximum Gasteiger partial charge on any atom is 0.188 e. The molecular weight excluding hydrogens is 202 g/mol. The van der Waals surface area contributed by atoms with E-state index in [1.807, 2.05) is 12.1 Å². The summed E-state index contributed by atoms with van der Waals surface area (Å²) in [7, 11) is 1.62. The van der Waals surface area contributed by atoms with E-state index in [2.05, 4.69) is 31.3 Å².